The smallest absolute Gasteiger partial charge is 0.307 e. The molecule has 1 aliphatic carbocycles. The average Bonchev–Trinajstić information content (AvgIpc) is 3.13. The maximum Gasteiger partial charge on any atom is 0.307 e. The Bertz CT molecular complexity index is 512. The number of carboxylic acids is 1. The molecule has 5 heteroatoms. The second kappa shape index (κ2) is 5.30. The number of carbonyl (C=O) groups is 2. The quantitative estimate of drug-likeness (QED) is 0.852. The molecule has 2 atom stereocenters. The summed E-state index contributed by atoms with van der Waals surface area (Å²) in [6, 6.07) is 5.38. The molecule has 1 saturated carbocycles. The van der Waals surface area contributed by atoms with Crippen molar-refractivity contribution < 1.29 is 19.4 Å². The van der Waals surface area contributed by atoms with Crippen molar-refractivity contribution in [3.05, 3.63) is 23.8 Å². The highest BCUT2D eigenvalue weighted by Gasteiger charge is 2.48. The van der Waals surface area contributed by atoms with Crippen molar-refractivity contribution in [1.82, 2.24) is 0 Å². The fourth-order valence-electron chi connectivity index (χ4n) is 2.04. The molecular weight excluding hydrogens is 246 g/mol. The molecule has 0 saturated heterocycles. The number of carboxylic acid groups (broad SMARTS) is 1. The van der Waals surface area contributed by atoms with Gasteiger partial charge >= 0.3 is 5.97 Å². The first-order valence-electron chi connectivity index (χ1n) is 6.30. The topological polar surface area (TPSA) is 75.6 Å². The summed E-state index contributed by atoms with van der Waals surface area (Å²) in [5.74, 6) is -1.26. The first kappa shape index (κ1) is 13.4. The molecule has 0 aliphatic heterocycles. The second-order valence-corrected chi connectivity index (χ2v) is 4.69. The lowest BCUT2D eigenvalue weighted by molar-refractivity contribution is -0.139. The zero-order valence-corrected chi connectivity index (χ0v) is 11.0. The molecule has 1 amide bonds. The van der Waals surface area contributed by atoms with Gasteiger partial charge in [-0.05, 0) is 44.0 Å². The van der Waals surface area contributed by atoms with E-state index in [2.05, 4.69) is 5.32 Å². The van der Waals surface area contributed by atoms with Gasteiger partial charge in [-0.15, -0.1) is 0 Å². The third-order valence-corrected chi connectivity index (χ3v) is 3.19. The highest BCUT2D eigenvalue weighted by molar-refractivity contribution is 5.98. The van der Waals surface area contributed by atoms with Crippen LogP contribution in [0.25, 0.3) is 0 Å². The number of nitrogens with one attached hydrogen (secondary N) is 1. The van der Waals surface area contributed by atoms with Crippen LogP contribution in [-0.2, 0) is 9.59 Å². The van der Waals surface area contributed by atoms with Crippen molar-refractivity contribution >= 4 is 17.6 Å². The van der Waals surface area contributed by atoms with E-state index < -0.39 is 17.8 Å². The summed E-state index contributed by atoms with van der Waals surface area (Å²) in [7, 11) is 0. The molecule has 2 unspecified atom stereocenters. The average molecular weight is 263 g/mol. The van der Waals surface area contributed by atoms with Crippen molar-refractivity contribution in [2.24, 2.45) is 11.8 Å². The third-order valence-electron chi connectivity index (χ3n) is 3.19. The maximum absolute atomic E-state index is 11.8. The molecule has 0 bridgehead atoms. The Hall–Kier alpha value is -2.04. The van der Waals surface area contributed by atoms with E-state index in [1.165, 1.54) is 0 Å². The van der Waals surface area contributed by atoms with E-state index in [4.69, 9.17) is 9.84 Å². The molecule has 1 aliphatic rings. The number of benzene rings is 1. The van der Waals surface area contributed by atoms with Gasteiger partial charge in [-0.2, -0.15) is 0 Å². The zero-order valence-electron chi connectivity index (χ0n) is 11.0. The van der Waals surface area contributed by atoms with Crippen LogP contribution >= 0.6 is 0 Å². The lowest BCUT2D eigenvalue weighted by Crippen LogP contribution is -2.16. The molecule has 0 aromatic heterocycles. The molecule has 19 heavy (non-hydrogen) atoms. The SMILES string of the molecule is CCOc1ccc(NC(=O)C2CC2C(=O)O)cc1C. The van der Waals surface area contributed by atoms with E-state index in [1.807, 2.05) is 19.9 Å². The molecule has 1 aromatic carbocycles. The van der Waals surface area contributed by atoms with Gasteiger partial charge in [0.2, 0.25) is 5.91 Å². The van der Waals surface area contributed by atoms with Crippen molar-refractivity contribution in [3.63, 3.8) is 0 Å². The van der Waals surface area contributed by atoms with E-state index >= 15 is 0 Å². The Balaban J connectivity index is 1.98. The Morgan fingerprint density at radius 1 is 1.42 bits per heavy atom. The Morgan fingerprint density at radius 2 is 2.16 bits per heavy atom. The number of ether oxygens (including phenoxy) is 1. The predicted octanol–water partition coefficient (Wildman–Crippen LogP) is 2.05. The van der Waals surface area contributed by atoms with Gasteiger partial charge in [-0.25, -0.2) is 0 Å². The molecule has 0 spiro atoms. The number of aryl methyl sites for hydroxylation is 1. The summed E-state index contributed by atoms with van der Waals surface area (Å²) in [5, 5.41) is 11.5. The molecule has 0 heterocycles. The lowest BCUT2D eigenvalue weighted by Gasteiger charge is -2.10. The summed E-state index contributed by atoms with van der Waals surface area (Å²) < 4.78 is 5.41. The number of amides is 1. The van der Waals surface area contributed by atoms with Gasteiger partial charge in [0, 0.05) is 5.69 Å². The highest BCUT2D eigenvalue weighted by atomic mass is 16.5. The monoisotopic (exact) mass is 263 g/mol. The molecule has 0 radical (unpaired) electrons. The number of carbonyl (C=O) groups excluding carboxylic acids is 1. The standard InChI is InChI=1S/C14H17NO4/c1-3-19-12-5-4-9(6-8(12)2)15-13(16)10-7-11(10)14(17)18/h4-6,10-11H,3,7H2,1-2H3,(H,15,16)(H,17,18). The van der Waals surface area contributed by atoms with Gasteiger partial charge < -0.3 is 15.2 Å². The molecule has 5 nitrogen and oxygen atoms in total. The van der Waals surface area contributed by atoms with Crippen LogP contribution in [0.2, 0.25) is 0 Å². The lowest BCUT2D eigenvalue weighted by atomic mass is 10.2. The molecule has 2 N–H and O–H groups in total. The van der Waals surface area contributed by atoms with Gasteiger partial charge in [0.1, 0.15) is 5.75 Å². The third kappa shape index (κ3) is 3.05. The first-order chi connectivity index (χ1) is 9.02. The molecule has 2 rings (SSSR count). The molecule has 102 valence electrons. The van der Waals surface area contributed by atoms with Crippen LogP contribution in [0.15, 0.2) is 18.2 Å². The molecular formula is C14H17NO4. The van der Waals surface area contributed by atoms with Gasteiger partial charge in [-0.1, -0.05) is 0 Å². The summed E-state index contributed by atoms with van der Waals surface area (Å²) >= 11 is 0. The zero-order chi connectivity index (χ0) is 14.0. The molecule has 1 aromatic rings. The van der Waals surface area contributed by atoms with E-state index in [0.29, 0.717) is 18.7 Å². The number of aliphatic carboxylic acids is 1. The van der Waals surface area contributed by atoms with E-state index in [0.717, 1.165) is 11.3 Å². The van der Waals surface area contributed by atoms with E-state index in [1.54, 1.807) is 12.1 Å². The van der Waals surface area contributed by atoms with Crippen LogP contribution in [-0.4, -0.2) is 23.6 Å². The van der Waals surface area contributed by atoms with Gasteiger partial charge in [-0.3, -0.25) is 9.59 Å². The fraction of sp³-hybridized carbons (Fsp3) is 0.429. The number of anilines is 1. The fourth-order valence-corrected chi connectivity index (χ4v) is 2.04. The van der Waals surface area contributed by atoms with Crippen LogP contribution in [0.1, 0.15) is 18.9 Å². The van der Waals surface area contributed by atoms with Crippen molar-refractivity contribution in [2.75, 3.05) is 11.9 Å². The largest absolute Gasteiger partial charge is 0.494 e. The van der Waals surface area contributed by atoms with Crippen LogP contribution in [0.4, 0.5) is 5.69 Å². The minimum Gasteiger partial charge on any atom is -0.494 e. The summed E-state index contributed by atoms with van der Waals surface area (Å²) in [6.07, 6.45) is 0.428. The first-order valence-corrected chi connectivity index (χ1v) is 6.30. The van der Waals surface area contributed by atoms with E-state index in [9.17, 15) is 9.59 Å². The Kier molecular flexibility index (Phi) is 3.74. The summed E-state index contributed by atoms with van der Waals surface area (Å²) in [5.41, 5.74) is 1.60. The summed E-state index contributed by atoms with van der Waals surface area (Å²) in [4.78, 5) is 22.5. The second-order valence-electron chi connectivity index (χ2n) is 4.69. The van der Waals surface area contributed by atoms with Crippen LogP contribution in [0, 0.1) is 18.8 Å². The van der Waals surface area contributed by atoms with Gasteiger partial charge in [0.15, 0.2) is 0 Å². The number of hydrogen-bond acceptors (Lipinski definition) is 3. The van der Waals surface area contributed by atoms with Crippen molar-refractivity contribution in [1.29, 1.82) is 0 Å². The van der Waals surface area contributed by atoms with E-state index in [-0.39, 0.29) is 5.91 Å². The van der Waals surface area contributed by atoms with Gasteiger partial charge in [0.25, 0.3) is 0 Å². The summed E-state index contributed by atoms with van der Waals surface area (Å²) in [6.45, 7) is 4.40. The normalized spacial score (nSPS) is 20.7. The Labute approximate surface area is 111 Å². The van der Waals surface area contributed by atoms with Crippen molar-refractivity contribution in [3.8, 4) is 5.75 Å². The number of rotatable bonds is 5. The Morgan fingerprint density at radius 3 is 2.68 bits per heavy atom. The predicted molar refractivity (Wildman–Crippen MR) is 70.2 cm³/mol. The van der Waals surface area contributed by atoms with Crippen LogP contribution in [0.5, 0.6) is 5.75 Å². The van der Waals surface area contributed by atoms with Crippen LogP contribution < -0.4 is 10.1 Å². The van der Waals surface area contributed by atoms with Gasteiger partial charge in [0.05, 0.1) is 18.4 Å². The maximum atomic E-state index is 11.8. The van der Waals surface area contributed by atoms with Crippen molar-refractivity contribution in [2.45, 2.75) is 20.3 Å². The minimum atomic E-state index is -0.900. The minimum absolute atomic E-state index is 0.226. The number of hydrogen-bond donors (Lipinski definition) is 2. The highest BCUT2D eigenvalue weighted by Crippen LogP contribution is 2.39. The van der Waals surface area contributed by atoms with Crippen LogP contribution in [0.3, 0.4) is 0 Å². The molecule has 1 fully saturated rings.